The Morgan fingerprint density at radius 2 is 0.838 bits per heavy atom. The number of carbonyl (C=O) groups is 2. The molecular weight excluding hydrogens is 456 g/mol. The molecule has 0 spiro atoms. The third-order valence-corrected chi connectivity index (χ3v) is 8.56. The van der Waals surface area contributed by atoms with Gasteiger partial charge in [-0.05, 0) is 55.3 Å². The Kier molecular flexibility index (Phi) is 4.19. The summed E-state index contributed by atoms with van der Waals surface area (Å²) in [6, 6.07) is 37.8. The van der Waals surface area contributed by atoms with E-state index in [0.717, 1.165) is 44.2 Å². The van der Waals surface area contributed by atoms with Crippen LogP contribution < -0.4 is 0 Å². The molecule has 176 valence electrons. The smallest absolute Gasteiger partial charge is 0.318 e. The normalized spacial score (nSPS) is 22.9. The van der Waals surface area contributed by atoms with E-state index >= 15 is 0 Å². The molecule has 3 aliphatic carbocycles. The van der Waals surface area contributed by atoms with Gasteiger partial charge in [-0.15, -0.1) is 0 Å². The zero-order valence-corrected chi connectivity index (χ0v) is 19.9. The van der Waals surface area contributed by atoms with Gasteiger partial charge < -0.3 is 4.74 Å². The van der Waals surface area contributed by atoms with E-state index in [4.69, 9.17) is 4.74 Å². The van der Waals surface area contributed by atoms with Gasteiger partial charge in [0.1, 0.15) is 0 Å². The Bertz CT molecular complexity index is 1620. The first-order chi connectivity index (χ1) is 18.2. The van der Waals surface area contributed by atoms with Gasteiger partial charge in [0.05, 0.1) is 11.8 Å². The zero-order valence-electron chi connectivity index (χ0n) is 19.9. The van der Waals surface area contributed by atoms with Crippen LogP contribution in [0.1, 0.15) is 34.1 Å². The van der Waals surface area contributed by atoms with Crippen molar-refractivity contribution in [3.05, 3.63) is 131 Å². The number of rotatable bonds is 2. The summed E-state index contributed by atoms with van der Waals surface area (Å²) in [4.78, 5) is 26.5. The third kappa shape index (κ3) is 2.66. The number of carbonyl (C=O) groups excluding carboxylic acids is 2. The van der Waals surface area contributed by atoms with Crippen LogP contribution in [0, 0.1) is 11.8 Å². The van der Waals surface area contributed by atoms with E-state index in [2.05, 4.69) is 84.9 Å². The molecule has 1 saturated heterocycles. The van der Waals surface area contributed by atoms with E-state index in [0.29, 0.717) is 0 Å². The second-order valence-electron chi connectivity index (χ2n) is 10.2. The molecule has 4 atom stereocenters. The van der Waals surface area contributed by atoms with Gasteiger partial charge in [0.15, 0.2) is 0 Å². The van der Waals surface area contributed by atoms with Crippen molar-refractivity contribution in [1.82, 2.24) is 0 Å². The van der Waals surface area contributed by atoms with Crippen LogP contribution in [0.3, 0.4) is 0 Å². The van der Waals surface area contributed by atoms with Gasteiger partial charge in [0.2, 0.25) is 0 Å². The molecule has 4 unspecified atom stereocenters. The Morgan fingerprint density at radius 3 is 1.27 bits per heavy atom. The van der Waals surface area contributed by atoms with Crippen LogP contribution in [-0.4, -0.2) is 11.9 Å². The largest absolute Gasteiger partial charge is 0.393 e. The van der Waals surface area contributed by atoms with Crippen LogP contribution in [0.15, 0.2) is 109 Å². The molecule has 37 heavy (non-hydrogen) atoms. The number of cyclic esters (lactones) is 2. The highest BCUT2D eigenvalue weighted by Crippen LogP contribution is 2.65. The lowest BCUT2D eigenvalue weighted by molar-refractivity contribution is -0.153. The Labute approximate surface area is 214 Å². The van der Waals surface area contributed by atoms with E-state index in [1.807, 2.05) is 24.3 Å². The molecular formula is C34H22O3. The monoisotopic (exact) mass is 478 g/mol. The van der Waals surface area contributed by atoms with Gasteiger partial charge in [-0.1, -0.05) is 109 Å². The molecule has 0 radical (unpaired) electrons. The standard InChI is InChI=1S/C34H22O3/c35-33-31-27-23-17-9-10-18-24(23)28(32(31)34(36)37-33)30-26(20-13-5-2-6-14-20)22-16-8-7-15-21(22)25(29(27)30)19-11-3-1-4-12-19/h1-18,27-28,31-32H. The van der Waals surface area contributed by atoms with Gasteiger partial charge in [-0.25, -0.2) is 0 Å². The number of fused-ring (bicyclic) bond motifs is 1. The highest BCUT2D eigenvalue weighted by atomic mass is 16.6. The number of hydrogen-bond acceptors (Lipinski definition) is 3. The lowest BCUT2D eigenvalue weighted by Gasteiger charge is -2.47. The summed E-state index contributed by atoms with van der Waals surface area (Å²) < 4.78 is 5.36. The second kappa shape index (κ2) is 7.50. The van der Waals surface area contributed by atoms with Gasteiger partial charge in [0, 0.05) is 11.8 Å². The van der Waals surface area contributed by atoms with Crippen LogP contribution in [0.25, 0.3) is 33.0 Å². The first-order valence-electron chi connectivity index (χ1n) is 12.8. The van der Waals surface area contributed by atoms with Crippen LogP contribution in [0.2, 0.25) is 0 Å². The van der Waals surface area contributed by atoms with Crippen molar-refractivity contribution in [2.24, 2.45) is 11.8 Å². The number of ether oxygens (including phenoxy) is 1. The van der Waals surface area contributed by atoms with E-state index in [1.54, 1.807) is 0 Å². The fourth-order valence-corrected chi connectivity index (χ4v) is 7.31. The highest BCUT2D eigenvalue weighted by molar-refractivity contribution is 6.11. The van der Waals surface area contributed by atoms with E-state index in [1.165, 1.54) is 11.1 Å². The van der Waals surface area contributed by atoms with Gasteiger partial charge in [-0.3, -0.25) is 9.59 Å². The van der Waals surface area contributed by atoms with Crippen LogP contribution in [-0.2, 0) is 14.3 Å². The summed E-state index contributed by atoms with van der Waals surface area (Å²) >= 11 is 0. The second-order valence-corrected chi connectivity index (χ2v) is 10.2. The van der Waals surface area contributed by atoms with Crippen molar-refractivity contribution in [2.45, 2.75) is 11.8 Å². The van der Waals surface area contributed by atoms with Crippen LogP contribution in [0.5, 0.6) is 0 Å². The first kappa shape index (κ1) is 20.7. The predicted octanol–water partition coefficient (Wildman–Crippen LogP) is 7.08. The molecule has 1 fully saturated rings. The molecule has 1 aliphatic heterocycles. The summed E-state index contributed by atoms with van der Waals surface area (Å²) in [5.74, 6) is -2.29. The number of benzene rings is 5. The summed E-state index contributed by atoms with van der Waals surface area (Å²) in [5.41, 5.74) is 9.16. The van der Waals surface area contributed by atoms with Crippen molar-refractivity contribution < 1.29 is 14.3 Å². The van der Waals surface area contributed by atoms with Gasteiger partial charge in [-0.2, -0.15) is 0 Å². The molecule has 3 heteroatoms. The van der Waals surface area contributed by atoms with Crippen molar-refractivity contribution in [3.63, 3.8) is 0 Å². The number of esters is 2. The lowest BCUT2D eigenvalue weighted by atomic mass is 9.52. The maximum Gasteiger partial charge on any atom is 0.318 e. The maximum absolute atomic E-state index is 13.3. The topological polar surface area (TPSA) is 43.4 Å². The Hall–Kier alpha value is -4.50. The average Bonchev–Trinajstić information content (AvgIpc) is 3.26. The molecule has 9 rings (SSSR count). The van der Waals surface area contributed by atoms with Crippen molar-refractivity contribution in [3.8, 4) is 22.3 Å². The van der Waals surface area contributed by atoms with Crippen molar-refractivity contribution >= 4 is 22.7 Å². The Balaban J connectivity index is 1.61. The summed E-state index contributed by atoms with van der Waals surface area (Å²) in [6.07, 6.45) is 0. The predicted molar refractivity (Wildman–Crippen MR) is 143 cm³/mol. The first-order valence-corrected chi connectivity index (χ1v) is 12.8. The third-order valence-electron chi connectivity index (χ3n) is 8.56. The van der Waals surface area contributed by atoms with Crippen molar-refractivity contribution in [2.75, 3.05) is 0 Å². The molecule has 5 aromatic carbocycles. The highest BCUT2D eigenvalue weighted by Gasteiger charge is 2.61. The SMILES string of the molecule is O=C1OC(=O)C2C3c4ccccc4C(c4c3c(-c3ccccc3)c3ccccc3c4-c3ccccc3)C12. The molecule has 3 nitrogen and oxygen atoms in total. The van der Waals surface area contributed by atoms with E-state index < -0.39 is 23.8 Å². The minimum atomic E-state index is -0.507. The fraction of sp³-hybridized carbons (Fsp3) is 0.118. The molecule has 0 N–H and O–H groups in total. The van der Waals surface area contributed by atoms with Gasteiger partial charge in [0.25, 0.3) is 0 Å². The minimum absolute atomic E-state index is 0.248. The molecule has 0 amide bonds. The molecule has 1 heterocycles. The molecule has 0 saturated carbocycles. The number of hydrogen-bond donors (Lipinski definition) is 0. The summed E-state index contributed by atoms with van der Waals surface area (Å²) in [6.45, 7) is 0. The average molecular weight is 479 g/mol. The Morgan fingerprint density at radius 1 is 0.459 bits per heavy atom. The summed E-state index contributed by atoms with van der Waals surface area (Å²) in [5, 5.41) is 2.32. The van der Waals surface area contributed by atoms with Crippen LogP contribution in [0.4, 0.5) is 0 Å². The van der Waals surface area contributed by atoms with E-state index in [-0.39, 0.29) is 11.8 Å². The van der Waals surface area contributed by atoms with Gasteiger partial charge >= 0.3 is 11.9 Å². The zero-order chi connectivity index (χ0) is 24.7. The minimum Gasteiger partial charge on any atom is -0.393 e. The summed E-state index contributed by atoms with van der Waals surface area (Å²) in [7, 11) is 0. The van der Waals surface area contributed by atoms with Crippen LogP contribution >= 0.6 is 0 Å². The van der Waals surface area contributed by atoms with Crippen molar-refractivity contribution in [1.29, 1.82) is 0 Å². The van der Waals surface area contributed by atoms with E-state index in [9.17, 15) is 9.59 Å². The molecule has 2 bridgehead atoms. The molecule has 4 aliphatic rings. The quantitative estimate of drug-likeness (QED) is 0.201. The molecule has 0 aromatic heterocycles. The molecule has 5 aromatic rings. The fourth-order valence-electron chi connectivity index (χ4n) is 7.31. The maximum atomic E-state index is 13.3. The lowest BCUT2D eigenvalue weighted by Crippen LogP contribution is -2.42.